The van der Waals surface area contributed by atoms with Crippen molar-refractivity contribution in [2.24, 2.45) is 0 Å². The molecule has 0 aliphatic heterocycles. The Kier molecular flexibility index (Phi) is 2.03. The highest BCUT2D eigenvalue weighted by molar-refractivity contribution is 5.78. The van der Waals surface area contributed by atoms with E-state index in [0.29, 0.717) is 0 Å². The Hall–Kier alpha value is -1.37. The molecule has 0 saturated carbocycles. The number of hydrogen-bond donors (Lipinski definition) is 0. The molecule has 1 heterocycles. The first-order valence-electron chi connectivity index (χ1n) is 4.93. The van der Waals surface area contributed by atoms with E-state index in [0.717, 1.165) is 5.52 Å². The average molecular weight is 185 g/mol. The van der Waals surface area contributed by atoms with Gasteiger partial charge in [-0.05, 0) is 23.1 Å². The van der Waals surface area contributed by atoms with Crippen LogP contribution < -0.4 is 0 Å². The standard InChI is InChI=1S/C13H15N/c1-13(2,3)11-8-10-6-4-5-7-12(10)14-9-11/h4-9H,1-3H3. The third kappa shape index (κ3) is 1.63. The molecule has 1 aromatic heterocycles. The maximum atomic E-state index is 4.45. The second-order valence-electron chi connectivity index (χ2n) is 4.67. The lowest BCUT2D eigenvalue weighted by Gasteiger charge is -2.18. The van der Waals surface area contributed by atoms with Gasteiger partial charge in [-0.2, -0.15) is 0 Å². The van der Waals surface area contributed by atoms with E-state index in [4.69, 9.17) is 0 Å². The molecule has 0 aliphatic carbocycles. The van der Waals surface area contributed by atoms with E-state index >= 15 is 0 Å². The van der Waals surface area contributed by atoms with Gasteiger partial charge in [-0.25, -0.2) is 0 Å². The molecule has 2 aromatic rings. The van der Waals surface area contributed by atoms with Gasteiger partial charge in [0.05, 0.1) is 5.52 Å². The zero-order valence-corrected chi connectivity index (χ0v) is 8.91. The van der Waals surface area contributed by atoms with Gasteiger partial charge in [-0.15, -0.1) is 0 Å². The molecule has 1 aromatic carbocycles. The zero-order chi connectivity index (χ0) is 10.2. The topological polar surface area (TPSA) is 12.9 Å². The lowest BCUT2D eigenvalue weighted by molar-refractivity contribution is 0.589. The van der Waals surface area contributed by atoms with Gasteiger partial charge in [0.25, 0.3) is 0 Å². The van der Waals surface area contributed by atoms with E-state index < -0.39 is 0 Å². The predicted octanol–water partition coefficient (Wildman–Crippen LogP) is 3.53. The van der Waals surface area contributed by atoms with E-state index in [1.165, 1.54) is 10.9 Å². The van der Waals surface area contributed by atoms with Crippen LogP contribution in [0.2, 0.25) is 0 Å². The molecule has 0 fully saturated rings. The molecule has 1 nitrogen and oxygen atoms in total. The second-order valence-corrected chi connectivity index (χ2v) is 4.67. The van der Waals surface area contributed by atoms with Gasteiger partial charge < -0.3 is 0 Å². The van der Waals surface area contributed by atoms with E-state index in [1.807, 2.05) is 18.3 Å². The van der Waals surface area contributed by atoms with Gasteiger partial charge >= 0.3 is 0 Å². The van der Waals surface area contributed by atoms with Crippen LogP contribution in [0.15, 0.2) is 36.5 Å². The number of pyridine rings is 1. The number of hydrogen-bond acceptors (Lipinski definition) is 1. The van der Waals surface area contributed by atoms with Crippen molar-refractivity contribution in [3.63, 3.8) is 0 Å². The quantitative estimate of drug-likeness (QED) is 0.611. The van der Waals surface area contributed by atoms with Crippen LogP contribution in [0.5, 0.6) is 0 Å². The lowest BCUT2D eigenvalue weighted by Crippen LogP contribution is -2.11. The summed E-state index contributed by atoms with van der Waals surface area (Å²) < 4.78 is 0. The van der Waals surface area contributed by atoms with Crippen LogP contribution in [0.1, 0.15) is 26.3 Å². The van der Waals surface area contributed by atoms with Gasteiger partial charge in [0, 0.05) is 11.6 Å². The van der Waals surface area contributed by atoms with Crippen molar-refractivity contribution in [3.8, 4) is 0 Å². The second kappa shape index (κ2) is 3.09. The Labute approximate surface area is 84.8 Å². The monoisotopic (exact) mass is 185 g/mol. The first-order valence-corrected chi connectivity index (χ1v) is 4.93. The Bertz CT molecular complexity index is 452. The average Bonchev–Trinajstić information content (AvgIpc) is 2.16. The largest absolute Gasteiger partial charge is 0.256 e. The summed E-state index contributed by atoms with van der Waals surface area (Å²) in [7, 11) is 0. The number of fused-ring (bicyclic) bond motifs is 1. The fourth-order valence-electron chi connectivity index (χ4n) is 1.48. The number of rotatable bonds is 0. The number of benzene rings is 1. The third-order valence-electron chi connectivity index (χ3n) is 2.46. The minimum absolute atomic E-state index is 0.178. The molecule has 0 atom stereocenters. The highest BCUT2D eigenvalue weighted by Gasteiger charge is 2.13. The molecule has 2 rings (SSSR count). The van der Waals surface area contributed by atoms with Crippen LogP contribution in [0.25, 0.3) is 10.9 Å². The van der Waals surface area contributed by atoms with Crippen molar-refractivity contribution in [1.29, 1.82) is 0 Å². The maximum Gasteiger partial charge on any atom is 0.0702 e. The number of nitrogens with zero attached hydrogens (tertiary/aromatic N) is 1. The molecule has 0 unspecified atom stereocenters. The predicted molar refractivity (Wildman–Crippen MR) is 60.4 cm³/mol. The van der Waals surface area contributed by atoms with Crippen LogP contribution in [0.3, 0.4) is 0 Å². The van der Waals surface area contributed by atoms with Gasteiger partial charge in [-0.1, -0.05) is 39.0 Å². The molecule has 0 aliphatic rings. The molecule has 14 heavy (non-hydrogen) atoms. The van der Waals surface area contributed by atoms with E-state index in [-0.39, 0.29) is 5.41 Å². The van der Waals surface area contributed by atoms with Crippen molar-refractivity contribution in [3.05, 3.63) is 42.1 Å². The molecule has 0 saturated heterocycles. The molecule has 72 valence electrons. The van der Waals surface area contributed by atoms with Crippen LogP contribution in [0, 0.1) is 0 Å². The summed E-state index contributed by atoms with van der Waals surface area (Å²) in [5, 5.41) is 1.22. The van der Waals surface area contributed by atoms with E-state index in [2.05, 4.69) is 44.0 Å². The van der Waals surface area contributed by atoms with Crippen LogP contribution in [-0.4, -0.2) is 4.98 Å². The van der Waals surface area contributed by atoms with E-state index in [9.17, 15) is 0 Å². The van der Waals surface area contributed by atoms with Gasteiger partial charge in [0.2, 0.25) is 0 Å². The molecule has 0 amide bonds. The first-order chi connectivity index (χ1) is 6.57. The maximum absolute atomic E-state index is 4.45. The Morgan fingerprint density at radius 3 is 2.50 bits per heavy atom. The van der Waals surface area contributed by atoms with Crippen LogP contribution in [0.4, 0.5) is 0 Å². The number of aromatic nitrogens is 1. The normalized spacial score (nSPS) is 11.9. The van der Waals surface area contributed by atoms with Crippen molar-refractivity contribution in [1.82, 2.24) is 4.98 Å². The minimum Gasteiger partial charge on any atom is -0.256 e. The molecule has 1 heteroatoms. The molecule has 0 bridgehead atoms. The molecular weight excluding hydrogens is 170 g/mol. The molecule has 0 spiro atoms. The highest BCUT2D eigenvalue weighted by atomic mass is 14.7. The summed E-state index contributed by atoms with van der Waals surface area (Å²) in [5.41, 5.74) is 2.54. The van der Waals surface area contributed by atoms with Crippen molar-refractivity contribution in [2.75, 3.05) is 0 Å². The van der Waals surface area contributed by atoms with E-state index in [1.54, 1.807) is 0 Å². The highest BCUT2D eigenvalue weighted by Crippen LogP contribution is 2.24. The molecule has 0 N–H and O–H groups in total. The van der Waals surface area contributed by atoms with Crippen molar-refractivity contribution >= 4 is 10.9 Å². The third-order valence-corrected chi connectivity index (χ3v) is 2.46. The van der Waals surface area contributed by atoms with Gasteiger partial charge in [0.15, 0.2) is 0 Å². The summed E-state index contributed by atoms with van der Waals surface area (Å²) in [4.78, 5) is 4.45. The summed E-state index contributed by atoms with van der Waals surface area (Å²) in [6.45, 7) is 6.62. The Morgan fingerprint density at radius 1 is 1.07 bits per heavy atom. The summed E-state index contributed by atoms with van der Waals surface area (Å²) >= 11 is 0. The Morgan fingerprint density at radius 2 is 1.79 bits per heavy atom. The zero-order valence-electron chi connectivity index (χ0n) is 8.91. The van der Waals surface area contributed by atoms with Crippen LogP contribution >= 0.6 is 0 Å². The smallest absolute Gasteiger partial charge is 0.0702 e. The van der Waals surface area contributed by atoms with Crippen LogP contribution in [-0.2, 0) is 5.41 Å². The minimum atomic E-state index is 0.178. The Balaban J connectivity index is 2.63. The van der Waals surface area contributed by atoms with Crippen molar-refractivity contribution in [2.45, 2.75) is 26.2 Å². The summed E-state index contributed by atoms with van der Waals surface area (Å²) in [5.74, 6) is 0. The fourth-order valence-corrected chi connectivity index (χ4v) is 1.48. The lowest BCUT2D eigenvalue weighted by atomic mass is 9.88. The van der Waals surface area contributed by atoms with Crippen molar-refractivity contribution < 1.29 is 0 Å². The van der Waals surface area contributed by atoms with Gasteiger partial charge in [0.1, 0.15) is 0 Å². The number of para-hydroxylation sites is 1. The SMILES string of the molecule is CC(C)(C)c1cnc2ccccc2c1. The summed E-state index contributed by atoms with van der Waals surface area (Å²) in [6.07, 6.45) is 1.97. The molecule has 0 radical (unpaired) electrons. The molecular formula is C13H15N. The fraction of sp³-hybridized carbons (Fsp3) is 0.308. The van der Waals surface area contributed by atoms with Gasteiger partial charge in [-0.3, -0.25) is 4.98 Å². The summed E-state index contributed by atoms with van der Waals surface area (Å²) in [6, 6.07) is 10.4. The first kappa shape index (κ1) is 9.20.